The van der Waals surface area contributed by atoms with Gasteiger partial charge in [-0.2, -0.15) is 0 Å². The van der Waals surface area contributed by atoms with Crippen LogP contribution < -0.4 is 11.3 Å². The molecular formula is C17H20N2. The van der Waals surface area contributed by atoms with Gasteiger partial charge >= 0.3 is 0 Å². The second-order valence-corrected chi connectivity index (χ2v) is 6.09. The van der Waals surface area contributed by atoms with Crippen LogP contribution in [0.2, 0.25) is 0 Å². The van der Waals surface area contributed by atoms with E-state index in [1.54, 1.807) is 0 Å². The van der Waals surface area contributed by atoms with Gasteiger partial charge in [0.05, 0.1) is 0 Å². The van der Waals surface area contributed by atoms with Crippen molar-refractivity contribution >= 4 is 10.8 Å². The lowest BCUT2D eigenvalue weighted by Gasteiger charge is -2.19. The first kappa shape index (κ1) is 11.4. The van der Waals surface area contributed by atoms with E-state index in [9.17, 15) is 0 Å². The Morgan fingerprint density at radius 1 is 1.00 bits per heavy atom. The van der Waals surface area contributed by atoms with Crippen LogP contribution in [0.1, 0.15) is 30.9 Å². The largest absolute Gasteiger partial charge is 0.271 e. The van der Waals surface area contributed by atoms with Gasteiger partial charge in [0.1, 0.15) is 0 Å². The van der Waals surface area contributed by atoms with Gasteiger partial charge < -0.3 is 0 Å². The quantitative estimate of drug-likeness (QED) is 0.649. The van der Waals surface area contributed by atoms with Crippen LogP contribution in [0.4, 0.5) is 0 Å². The molecule has 0 aliphatic heterocycles. The van der Waals surface area contributed by atoms with Gasteiger partial charge in [-0.15, -0.1) is 0 Å². The topological polar surface area (TPSA) is 38.0 Å². The van der Waals surface area contributed by atoms with Crippen LogP contribution in [0.15, 0.2) is 42.5 Å². The lowest BCUT2D eigenvalue weighted by Crippen LogP contribution is -2.30. The zero-order valence-corrected chi connectivity index (χ0v) is 11.0. The highest BCUT2D eigenvalue weighted by molar-refractivity contribution is 5.83. The van der Waals surface area contributed by atoms with Crippen molar-refractivity contribution in [3.05, 3.63) is 48.0 Å². The Kier molecular flexibility index (Phi) is 2.61. The smallest absolute Gasteiger partial charge is 0.0493 e. The molecule has 3 N–H and O–H groups in total. The standard InChI is InChI=1S/C17H20N2/c18-19-17(16-14-6-3-7-15(14)16)13-9-8-11-4-1-2-5-12(11)10-13/h1-2,4-5,8-10,14-17,19H,3,6-7,18H2. The van der Waals surface area contributed by atoms with E-state index in [1.807, 2.05) is 0 Å². The summed E-state index contributed by atoms with van der Waals surface area (Å²) in [4.78, 5) is 0. The van der Waals surface area contributed by atoms with Gasteiger partial charge in [-0.3, -0.25) is 11.3 Å². The first-order valence-electron chi connectivity index (χ1n) is 7.33. The van der Waals surface area contributed by atoms with Crippen LogP contribution in [-0.2, 0) is 0 Å². The van der Waals surface area contributed by atoms with E-state index in [0.717, 1.165) is 17.8 Å². The van der Waals surface area contributed by atoms with Crippen molar-refractivity contribution in [2.75, 3.05) is 0 Å². The van der Waals surface area contributed by atoms with E-state index in [1.165, 1.54) is 35.6 Å². The molecule has 2 aliphatic rings. The van der Waals surface area contributed by atoms with Crippen molar-refractivity contribution in [2.45, 2.75) is 25.3 Å². The van der Waals surface area contributed by atoms with Gasteiger partial charge in [-0.25, -0.2) is 0 Å². The molecule has 0 spiro atoms. The lowest BCUT2D eigenvalue weighted by atomic mass is 9.95. The van der Waals surface area contributed by atoms with Gasteiger partial charge in [-0.1, -0.05) is 42.8 Å². The summed E-state index contributed by atoms with van der Waals surface area (Å²) in [5.74, 6) is 8.45. The van der Waals surface area contributed by atoms with Crippen LogP contribution in [0.5, 0.6) is 0 Å². The Morgan fingerprint density at radius 2 is 1.74 bits per heavy atom. The summed E-state index contributed by atoms with van der Waals surface area (Å²) < 4.78 is 0. The number of rotatable bonds is 3. The summed E-state index contributed by atoms with van der Waals surface area (Å²) in [5.41, 5.74) is 4.42. The summed E-state index contributed by atoms with van der Waals surface area (Å²) >= 11 is 0. The fourth-order valence-corrected chi connectivity index (χ4v) is 4.20. The number of nitrogens with two attached hydrogens (primary N) is 1. The van der Waals surface area contributed by atoms with Crippen molar-refractivity contribution < 1.29 is 0 Å². The molecule has 2 aromatic carbocycles. The zero-order valence-electron chi connectivity index (χ0n) is 11.0. The van der Waals surface area contributed by atoms with Crippen molar-refractivity contribution in [3.63, 3.8) is 0 Å². The zero-order chi connectivity index (χ0) is 12.8. The number of hydrogen-bond acceptors (Lipinski definition) is 2. The van der Waals surface area contributed by atoms with E-state index in [2.05, 4.69) is 47.9 Å². The van der Waals surface area contributed by atoms with Crippen molar-refractivity contribution in [1.82, 2.24) is 5.43 Å². The molecule has 0 bridgehead atoms. The minimum Gasteiger partial charge on any atom is -0.271 e. The first-order chi connectivity index (χ1) is 9.38. The summed E-state index contributed by atoms with van der Waals surface area (Å²) in [6.45, 7) is 0. The molecular weight excluding hydrogens is 232 g/mol. The third-order valence-corrected chi connectivity index (χ3v) is 5.17. The van der Waals surface area contributed by atoms with Crippen molar-refractivity contribution in [2.24, 2.45) is 23.6 Å². The fourth-order valence-electron chi connectivity index (χ4n) is 4.20. The summed E-state index contributed by atoms with van der Waals surface area (Å²) in [7, 11) is 0. The molecule has 2 aliphatic carbocycles. The summed E-state index contributed by atoms with van der Waals surface area (Å²) in [6, 6.07) is 15.6. The molecule has 19 heavy (non-hydrogen) atoms. The van der Waals surface area contributed by atoms with Gasteiger partial charge in [0.25, 0.3) is 0 Å². The SMILES string of the molecule is NNC(c1ccc2ccccc2c1)C1C2CCCC21. The molecule has 2 saturated carbocycles. The number of benzene rings is 2. The van der Waals surface area contributed by atoms with E-state index in [-0.39, 0.29) is 0 Å². The van der Waals surface area contributed by atoms with Crippen LogP contribution in [0, 0.1) is 17.8 Å². The minimum absolute atomic E-state index is 0.333. The minimum atomic E-state index is 0.333. The second-order valence-electron chi connectivity index (χ2n) is 6.09. The molecule has 2 nitrogen and oxygen atoms in total. The molecule has 0 saturated heterocycles. The Bertz CT molecular complexity index is 597. The van der Waals surface area contributed by atoms with Gasteiger partial charge in [-0.05, 0) is 53.0 Å². The highest BCUT2D eigenvalue weighted by Gasteiger charge is 2.55. The van der Waals surface area contributed by atoms with Gasteiger partial charge in [0.15, 0.2) is 0 Å². The maximum Gasteiger partial charge on any atom is 0.0493 e. The average Bonchev–Trinajstić information content (AvgIpc) is 2.92. The Morgan fingerprint density at radius 3 is 2.47 bits per heavy atom. The predicted octanol–water partition coefficient (Wildman–Crippen LogP) is 3.39. The Labute approximate surface area is 114 Å². The molecule has 2 fully saturated rings. The van der Waals surface area contributed by atoms with E-state index in [4.69, 9.17) is 5.84 Å². The summed E-state index contributed by atoms with van der Waals surface area (Å²) in [6.07, 6.45) is 4.23. The summed E-state index contributed by atoms with van der Waals surface area (Å²) in [5, 5.41) is 2.61. The third-order valence-electron chi connectivity index (χ3n) is 5.17. The number of fused-ring (bicyclic) bond motifs is 2. The number of hydrogen-bond donors (Lipinski definition) is 2. The maximum atomic E-state index is 5.84. The van der Waals surface area contributed by atoms with E-state index in [0.29, 0.717) is 6.04 Å². The molecule has 0 heterocycles. The predicted molar refractivity (Wildman–Crippen MR) is 78.3 cm³/mol. The molecule has 0 amide bonds. The molecule has 0 radical (unpaired) electrons. The maximum absolute atomic E-state index is 5.84. The molecule has 3 atom stereocenters. The fraction of sp³-hybridized carbons (Fsp3) is 0.412. The molecule has 2 heteroatoms. The van der Waals surface area contributed by atoms with Crippen LogP contribution in [-0.4, -0.2) is 0 Å². The third kappa shape index (κ3) is 1.78. The molecule has 98 valence electrons. The van der Waals surface area contributed by atoms with E-state index < -0.39 is 0 Å². The van der Waals surface area contributed by atoms with Crippen LogP contribution in [0.3, 0.4) is 0 Å². The van der Waals surface area contributed by atoms with Gasteiger partial charge in [0.2, 0.25) is 0 Å². The van der Waals surface area contributed by atoms with Crippen LogP contribution >= 0.6 is 0 Å². The van der Waals surface area contributed by atoms with Crippen LogP contribution in [0.25, 0.3) is 10.8 Å². The molecule has 4 rings (SSSR count). The lowest BCUT2D eigenvalue weighted by molar-refractivity contribution is 0.425. The Balaban J connectivity index is 1.68. The second kappa shape index (κ2) is 4.32. The average molecular weight is 252 g/mol. The first-order valence-corrected chi connectivity index (χ1v) is 7.33. The van der Waals surface area contributed by atoms with Crippen molar-refractivity contribution in [3.8, 4) is 0 Å². The Hall–Kier alpha value is -1.38. The number of hydrazine groups is 1. The van der Waals surface area contributed by atoms with E-state index >= 15 is 0 Å². The highest BCUT2D eigenvalue weighted by Crippen LogP contribution is 2.62. The molecule has 3 unspecified atom stereocenters. The normalized spacial score (nSPS) is 30.3. The highest BCUT2D eigenvalue weighted by atomic mass is 15.2. The molecule has 2 aromatic rings. The van der Waals surface area contributed by atoms with Crippen molar-refractivity contribution in [1.29, 1.82) is 0 Å². The molecule has 0 aromatic heterocycles. The monoisotopic (exact) mass is 252 g/mol. The number of nitrogens with one attached hydrogen (secondary N) is 1. The van der Waals surface area contributed by atoms with Gasteiger partial charge in [0, 0.05) is 6.04 Å².